The Morgan fingerprint density at radius 3 is 1.57 bits per heavy atom. The minimum Gasteiger partial charge on any atom is -0.369 e. The van der Waals surface area contributed by atoms with E-state index in [1.54, 1.807) is 24.3 Å². The minimum atomic E-state index is -6.03. The molecule has 1 aliphatic carbocycles. The van der Waals surface area contributed by atoms with Crippen LogP contribution in [0.25, 0.3) is 0 Å². The minimum absolute atomic E-state index is 0.0855. The Hall–Kier alpha value is -3.81. The number of aliphatic hydroxyl groups is 1. The molecule has 1 heterocycles. The number of amides is 4. The third kappa shape index (κ3) is 6.16. The summed E-state index contributed by atoms with van der Waals surface area (Å²) in [5.74, 6) is -0.415. The van der Waals surface area contributed by atoms with Crippen LogP contribution in [0.5, 0.6) is 0 Å². The molecule has 0 atom stereocenters. The molecule has 216 valence electrons. The van der Waals surface area contributed by atoms with Crippen molar-refractivity contribution in [3.8, 4) is 0 Å². The molecule has 0 aromatic heterocycles. The first kappa shape index (κ1) is 29.2. The number of piperazine rings is 1. The number of halogens is 6. The summed E-state index contributed by atoms with van der Waals surface area (Å²) in [7, 11) is 0. The van der Waals surface area contributed by atoms with E-state index in [1.165, 1.54) is 9.80 Å². The summed E-state index contributed by atoms with van der Waals surface area (Å²) < 4.78 is 78.5. The van der Waals surface area contributed by atoms with Gasteiger partial charge in [0.2, 0.25) is 0 Å². The lowest BCUT2D eigenvalue weighted by molar-refractivity contribution is -0.376. The number of benzene rings is 2. The summed E-state index contributed by atoms with van der Waals surface area (Å²) in [5.41, 5.74) is -5.83. The van der Waals surface area contributed by atoms with Crippen LogP contribution in [0.4, 0.5) is 36.8 Å². The zero-order valence-corrected chi connectivity index (χ0v) is 21.0. The quantitative estimate of drug-likeness (QED) is 0.454. The van der Waals surface area contributed by atoms with Crippen molar-refractivity contribution in [2.75, 3.05) is 38.0 Å². The number of nitrogens with zero attached hydrogens (tertiary/aromatic N) is 2. The molecule has 2 aromatic rings. The van der Waals surface area contributed by atoms with Gasteiger partial charge in [-0.3, -0.25) is 9.59 Å². The van der Waals surface area contributed by atoms with E-state index in [0.717, 1.165) is 25.0 Å². The van der Waals surface area contributed by atoms with E-state index in [1.807, 2.05) is 0 Å². The standard InChI is InChI=1S/C26H26F6N4O4/c27-25(28,29)24(40,26(30,31)32)19-7-3-17(4-8-19)21(37)35-11-13-36(14-12-35)22(38)18-5-9-20(10-6-18)34-23(39)33-15-16-1-2-16/h3-10,16,40H,1-2,11-15H2,(H2,33,34,39). The number of carbonyl (C=O) groups is 3. The number of carbonyl (C=O) groups excluding carboxylic acids is 3. The summed E-state index contributed by atoms with van der Waals surface area (Å²) in [6.07, 6.45) is -9.84. The fourth-order valence-electron chi connectivity index (χ4n) is 4.25. The molecule has 8 nitrogen and oxygen atoms in total. The highest BCUT2D eigenvalue weighted by molar-refractivity contribution is 5.97. The summed E-state index contributed by atoms with van der Waals surface area (Å²) in [4.78, 5) is 40.4. The zero-order chi connectivity index (χ0) is 29.3. The molecule has 1 saturated heterocycles. The Morgan fingerprint density at radius 2 is 1.18 bits per heavy atom. The van der Waals surface area contributed by atoms with Gasteiger partial charge in [0.05, 0.1) is 0 Å². The molecule has 1 aliphatic heterocycles. The average Bonchev–Trinajstić information content (AvgIpc) is 3.75. The van der Waals surface area contributed by atoms with Crippen molar-refractivity contribution < 1.29 is 45.8 Å². The van der Waals surface area contributed by atoms with Gasteiger partial charge in [-0.1, -0.05) is 12.1 Å². The van der Waals surface area contributed by atoms with Crippen molar-refractivity contribution in [3.05, 3.63) is 65.2 Å². The largest absolute Gasteiger partial charge is 0.430 e. The Morgan fingerprint density at radius 1 is 0.750 bits per heavy atom. The molecule has 4 rings (SSSR count). The van der Waals surface area contributed by atoms with Crippen molar-refractivity contribution in [3.63, 3.8) is 0 Å². The second kappa shape index (κ2) is 11.0. The normalized spacial score (nSPS) is 16.5. The van der Waals surface area contributed by atoms with Crippen LogP contribution >= 0.6 is 0 Å². The number of hydrogen-bond acceptors (Lipinski definition) is 4. The molecule has 2 fully saturated rings. The van der Waals surface area contributed by atoms with E-state index in [-0.39, 0.29) is 43.7 Å². The summed E-state index contributed by atoms with van der Waals surface area (Å²) in [5, 5.41) is 15.0. The van der Waals surface area contributed by atoms with Gasteiger partial charge >= 0.3 is 18.4 Å². The Kier molecular flexibility index (Phi) is 8.01. The topological polar surface area (TPSA) is 102 Å². The molecule has 0 unspecified atom stereocenters. The Labute approximate surface area is 224 Å². The van der Waals surface area contributed by atoms with Crippen molar-refractivity contribution in [1.29, 1.82) is 0 Å². The maximum absolute atomic E-state index is 13.1. The number of anilines is 1. The summed E-state index contributed by atoms with van der Waals surface area (Å²) >= 11 is 0. The Balaban J connectivity index is 1.32. The van der Waals surface area contributed by atoms with Gasteiger partial charge in [-0.25, -0.2) is 4.79 Å². The van der Waals surface area contributed by atoms with Crippen molar-refractivity contribution >= 4 is 23.5 Å². The maximum Gasteiger partial charge on any atom is 0.430 e. The zero-order valence-electron chi connectivity index (χ0n) is 21.0. The van der Waals surface area contributed by atoms with Gasteiger partial charge in [0.25, 0.3) is 17.4 Å². The molecule has 1 saturated carbocycles. The lowest BCUT2D eigenvalue weighted by Gasteiger charge is -2.35. The number of alkyl halides is 6. The van der Waals surface area contributed by atoms with E-state index in [9.17, 15) is 45.8 Å². The van der Waals surface area contributed by atoms with Crippen molar-refractivity contribution in [1.82, 2.24) is 15.1 Å². The highest BCUT2D eigenvalue weighted by atomic mass is 19.4. The van der Waals surface area contributed by atoms with Gasteiger partial charge < -0.3 is 25.5 Å². The molecule has 2 aromatic carbocycles. The number of nitrogens with one attached hydrogen (secondary N) is 2. The average molecular weight is 573 g/mol. The van der Waals surface area contributed by atoms with Gasteiger partial charge in [-0.05, 0) is 55.2 Å². The SMILES string of the molecule is O=C(NCC1CC1)Nc1ccc(C(=O)N2CCN(C(=O)c3ccc(C(O)(C(F)(F)F)C(F)(F)F)cc3)CC2)cc1. The van der Waals surface area contributed by atoms with E-state index < -0.39 is 29.4 Å². The molecule has 4 amide bonds. The number of rotatable bonds is 6. The lowest BCUT2D eigenvalue weighted by Crippen LogP contribution is -2.54. The molecule has 40 heavy (non-hydrogen) atoms. The van der Waals surface area contributed by atoms with E-state index >= 15 is 0 Å². The molecular formula is C26H26F6N4O4. The predicted molar refractivity (Wildman–Crippen MR) is 130 cm³/mol. The monoisotopic (exact) mass is 572 g/mol. The van der Waals surface area contributed by atoms with Gasteiger partial charge in [0, 0.05) is 55.1 Å². The highest BCUT2D eigenvalue weighted by Crippen LogP contribution is 2.50. The third-order valence-corrected chi connectivity index (χ3v) is 6.86. The molecule has 0 spiro atoms. The first-order chi connectivity index (χ1) is 18.7. The van der Waals surface area contributed by atoms with Crippen LogP contribution in [0.15, 0.2) is 48.5 Å². The Bertz CT molecular complexity index is 1220. The highest BCUT2D eigenvalue weighted by Gasteiger charge is 2.71. The molecule has 2 aliphatic rings. The fraction of sp³-hybridized carbons (Fsp3) is 0.423. The second-order valence-electron chi connectivity index (χ2n) is 9.72. The maximum atomic E-state index is 13.1. The second-order valence-corrected chi connectivity index (χ2v) is 9.72. The van der Waals surface area contributed by atoms with Crippen LogP contribution in [-0.4, -0.2) is 77.8 Å². The molecule has 3 N–H and O–H groups in total. The van der Waals surface area contributed by atoms with Crippen LogP contribution in [0.1, 0.15) is 39.1 Å². The van der Waals surface area contributed by atoms with Crippen LogP contribution in [-0.2, 0) is 5.60 Å². The molecule has 0 bridgehead atoms. The van der Waals surface area contributed by atoms with Gasteiger partial charge in [-0.2, -0.15) is 26.3 Å². The van der Waals surface area contributed by atoms with E-state index in [0.29, 0.717) is 35.8 Å². The lowest BCUT2D eigenvalue weighted by atomic mass is 9.91. The molecule has 0 radical (unpaired) electrons. The van der Waals surface area contributed by atoms with Crippen molar-refractivity contribution in [2.45, 2.75) is 30.8 Å². The number of hydrogen-bond donors (Lipinski definition) is 3. The predicted octanol–water partition coefficient (Wildman–Crippen LogP) is 4.13. The van der Waals surface area contributed by atoms with Crippen LogP contribution < -0.4 is 10.6 Å². The smallest absolute Gasteiger partial charge is 0.369 e. The summed E-state index contributed by atoms with van der Waals surface area (Å²) in [6, 6.07) is 8.38. The molecular weight excluding hydrogens is 546 g/mol. The first-order valence-electron chi connectivity index (χ1n) is 12.4. The van der Waals surface area contributed by atoms with Crippen LogP contribution in [0, 0.1) is 5.92 Å². The third-order valence-electron chi connectivity index (χ3n) is 6.86. The van der Waals surface area contributed by atoms with Gasteiger partial charge in [0.15, 0.2) is 0 Å². The first-order valence-corrected chi connectivity index (χ1v) is 12.4. The van der Waals surface area contributed by atoms with Crippen molar-refractivity contribution in [2.24, 2.45) is 5.92 Å². The fourth-order valence-corrected chi connectivity index (χ4v) is 4.25. The number of urea groups is 1. The van der Waals surface area contributed by atoms with E-state index in [4.69, 9.17) is 0 Å². The van der Waals surface area contributed by atoms with Gasteiger partial charge in [0.1, 0.15) is 0 Å². The van der Waals surface area contributed by atoms with Crippen LogP contribution in [0.3, 0.4) is 0 Å². The summed E-state index contributed by atoms with van der Waals surface area (Å²) in [6.45, 7) is 1.08. The van der Waals surface area contributed by atoms with Gasteiger partial charge in [-0.15, -0.1) is 0 Å². The molecule has 14 heteroatoms. The van der Waals surface area contributed by atoms with E-state index in [2.05, 4.69) is 10.6 Å². The van der Waals surface area contributed by atoms with Crippen LogP contribution in [0.2, 0.25) is 0 Å².